The second-order valence-corrected chi connectivity index (χ2v) is 13.6. The number of aryl methyl sites for hydroxylation is 1. The Labute approximate surface area is 331 Å². The van der Waals surface area contributed by atoms with E-state index in [9.17, 15) is 2.74 Å². The largest absolute Gasteiger partial charge is 0.461 e. The molecule has 0 fully saturated rings. The third-order valence-electron chi connectivity index (χ3n) is 10.2. The van der Waals surface area contributed by atoms with Crippen LogP contribution >= 0.6 is 0 Å². The van der Waals surface area contributed by atoms with Gasteiger partial charge in [-0.05, 0) is 95.1 Å². The van der Waals surface area contributed by atoms with Crippen LogP contribution in [0.5, 0.6) is 0 Å². The van der Waals surface area contributed by atoms with Crippen molar-refractivity contribution in [2.45, 2.75) is 26.1 Å². The zero-order valence-corrected chi connectivity index (χ0v) is 30.1. The molecule has 2 aromatic heterocycles. The molecule has 264 valence electrons. The van der Waals surface area contributed by atoms with Crippen LogP contribution in [0, 0.1) is 6.90 Å². The van der Waals surface area contributed by atoms with Crippen LogP contribution in [0.25, 0.3) is 68.1 Å². The highest BCUT2D eigenvalue weighted by molar-refractivity contribution is 6.01. The van der Waals surface area contributed by atoms with Gasteiger partial charge in [0.2, 0.25) is 0 Å². The maximum atomic E-state index is 9.89. The molecular formula is C52H40N2O. The summed E-state index contributed by atoms with van der Waals surface area (Å²) in [4.78, 5) is 10.1. The summed E-state index contributed by atoms with van der Waals surface area (Å²) in [5.41, 5.74) is 10.6. The molecule has 2 heterocycles. The van der Waals surface area contributed by atoms with Crippen LogP contribution in [0.2, 0.25) is 0 Å². The highest BCUT2D eigenvalue weighted by Gasteiger charge is 2.28. The maximum Gasteiger partial charge on any atom is 0.160 e. The Kier molecular flexibility index (Phi) is 7.32. The van der Waals surface area contributed by atoms with Crippen molar-refractivity contribution in [2.75, 3.05) is 0 Å². The fraction of sp³-hybridized carbons (Fsp3) is 0.0769. The first-order valence-corrected chi connectivity index (χ1v) is 18.2. The molecule has 5 aromatic carbocycles. The molecular weight excluding hydrogens is 669 g/mol. The van der Waals surface area contributed by atoms with Gasteiger partial charge in [0.25, 0.3) is 0 Å². The summed E-state index contributed by atoms with van der Waals surface area (Å²) in [6, 6.07) is 36.7. The minimum absolute atomic E-state index is 0.000345. The standard InChI is InChI=1S/C52H40N2O/c1-4-5-16-40-31-41-21-12-13-24-43(41)47-32-38(27-28-44(40)47)34(2)29-46-35(3)55-50-26-15-25-45(51(46)50)49-33-48(37-19-10-7-11-20-37)53-52(54-49)42-23-14-22-39(30-42)36-17-8-6-9-18-36/h4-31,33,47H,1,32H2,2-3H3/b16-5-,34-29+/i2D,3D,15D,25D,26D,29D. The number of allylic oxidation sites excluding steroid dienone is 9. The Morgan fingerprint density at radius 1 is 0.836 bits per heavy atom. The van der Waals surface area contributed by atoms with Crippen molar-refractivity contribution in [2.24, 2.45) is 0 Å². The van der Waals surface area contributed by atoms with E-state index in [0.29, 0.717) is 29.2 Å². The normalized spacial score (nSPS) is 16.9. The number of hydrogen-bond donors (Lipinski definition) is 0. The number of nitrogens with zero attached hydrogens (tertiary/aromatic N) is 2. The van der Waals surface area contributed by atoms with Gasteiger partial charge in [0, 0.05) is 36.3 Å². The van der Waals surface area contributed by atoms with Gasteiger partial charge >= 0.3 is 0 Å². The van der Waals surface area contributed by atoms with Crippen LogP contribution in [0.1, 0.15) is 49.9 Å². The summed E-state index contributed by atoms with van der Waals surface area (Å²) >= 11 is 0. The predicted molar refractivity (Wildman–Crippen MR) is 229 cm³/mol. The van der Waals surface area contributed by atoms with Crippen molar-refractivity contribution in [3.63, 3.8) is 0 Å². The first-order chi connectivity index (χ1) is 29.8. The lowest BCUT2D eigenvalue weighted by atomic mass is 9.72. The third kappa shape index (κ3) is 6.55. The van der Waals surface area contributed by atoms with Gasteiger partial charge in [-0.2, -0.15) is 0 Å². The second-order valence-electron chi connectivity index (χ2n) is 13.6. The summed E-state index contributed by atoms with van der Waals surface area (Å²) in [6.07, 6.45) is 12.5. The molecule has 0 N–H and O–H groups in total. The monoisotopic (exact) mass is 714 g/mol. The van der Waals surface area contributed by atoms with Crippen LogP contribution in [0.15, 0.2) is 197 Å². The van der Waals surface area contributed by atoms with Crippen LogP contribution in [-0.2, 0) is 0 Å². The molecule has 0 saturated heterocycles. The molecule has 2 aliphatic carbocycles. The van der Waals surface area contributed by atoms with Gasteiger partial charge in [-0.1, -0.05) is 152 Å². The molecule has 0 bridgehead atoms. The van der Waals surface area contributed by atoms with E-state index in [2.05, 4.69) is 36.9 Å². The summed E-state index contributed by atoms with van der Waals surface area (Å²) in [6.45, 7) is 3.26. The highest BCUT2D eigenvalue weighted by atomic mass is 16.3. The molecule has 0 amide bonds. The molecule has 7 aromatic rings. The summed E-state index contributed by atoms with van der Waals surface area (Å²) in [5.74, 6) is 0.491. The number of furan rings is 1. The van der Waals surface area contributed by atoms with Gasteiger partial charge < -0.3 is 4.42 Å². The molecule has 0 radical (unpaired) electrons. The van der Waals surface area contributed by atoms with E-state index in [-0.39, 0.29) is 71.8 Å². The third-order valence-corrected chi connectivity index (χ3v) is 10.2. The molecule has 3 nitrogen and oxygen atoms in total. The Hall–Kier alpha value is -6.84. The minimum atomic E-state index is -0.364. The lowest BCUT2D eigenvalue weighted by molar-refractivity contribution is 0.577. The van der Waals surface area contributed by atoms with Crippen molar-refractivity contribution in [1.29, 1.82) is 0 Å². The van der Waals surface area contributed by atoms with E-state index in [0.717, 1.165) is 50.1 Å². The van der Waals surface area contributed by atoms with Crippen molar-refractivity contribution < 1.29 is 12.6 Å². The zero-order chi connectivity index (χ0) is 42.2. The summed E-state index contributed by atoms with van der Waals surface area (Å²) < 4.78 is 61.0. The van der Waals surface area contributed by atoms with Crippen LogP contribution in [-0.4, -0.2) is 9.97 Å². The molecule has 55 heavy (non-hydrogen) atoms. The first kappa shape index (κ1) is 27.7. The van der Waals surface area contributed by atoms with E-state index in [1.807, 2.05) is 109 Å². The van der Waals surface area contributed by atoms with E-state index in [1.165, 1.54) is 0 Å². The topological polar surface area (TPSA) is 38.9 Å². The van der Waals surface area contributed by atoms with Gasteiger partial charge in [0.05, 0.1) is 16.9 Å². The predicted octanol–water partition coefficient (Wildman–Crippen LogP) is 13.8. The van der Waals surface area contributed by atoms with Gasteiger partial charge in [0.1, 0.15) is 11.3 Å². The van der Waals surface area contributed by atoms with Crippen molar-refractivity contribution >= 4 is 23.1 Å². The van der Waals surface area contributed by atoms with E-state index in [1.54, 1.807) is 12.1 Å². The second kappa shape index (κ2) is 14.5. The maximum absolute atomic E-state index is 9.89. The molecule has 3 heteroatoms. The van der Waals surface area contributed by atoms with E-state index < -0.39 is 0 Å². The Bertz CT molecular complexity index is 3030. The van der Waals surface area contributed by atoms with E-state index in [4.69, 9.17) is 19.9 Å². The van der Waals surface area contributed by atoms with Gasteiger partial charge in [-0.3, -0.25) is 0 Å². The lowest BCUT2D eigenvalue weighted by Gasteiger charge is -2.31. The Morgan fingerprint density at radius 3 is 2.42 bits per heavy atom. The van der Waals surface area contributed by atoms with Crippen LogP contribution < -0.4 is 0 Å². The smallest absolute Gasteiger partial charge is 0.160 e. The zero-order valence-electron chi connectivity index (χ0n) is 36.1. The SMILES string of the molecule is [2H]C/C(C1=CC=C2C(/C=C\C=C)=Cc3ccccc3C2C1)=C(/[2H])c1c(C[2H])oc2c([2H])c([2H])c([2H])c(-c3cc(-c4ccccc4)nc(-c4cccc(-c5ccccc5)c4)n3)c12. The number of aromatic nitrogens is 2. The molecule has 0 spiro atoms. The molecule has 9 rings (SSSR count). The Balaban J connectivity index is 1.27. The fourth-order valence-corrected chi connectivity index (χ4v) is 7.53. The van der Waals surface area contributed by atoms with Crippen LogP contribution in [0.4, 0.5) is 0 Å². The average Bonchev–Trinajstić information content (AvgIpc) is 3.70. The molecule has 1 atom stereocenters. The summed E-state index contributed by atoms with van der Waals surface area (Å²) in [5, 5.41) is 0.251. The van der Waals surface area contributed by atoms with Crippen molar-refractivity contribution in [1.82, 2.24) is 9.97 Å². The lowest BCUT2D eigenvalue weighted by Crippen LogP contribution is -2.14. The van der Waals surface area contributed by atoms with Crippen molar-refractivity contribution in [3.05, 3.63) is 215 Å². The van der Waals surface area contributed by atoms with Gasteiger partial charge in [-0.25, -0.2) is 9.97 Å². The van der Waals surface area contributed by atoms with Gasteiger partial charge in [0.15, 0.2) is 5.82 Å². The Morgan fingerprint density at radius 2 is 1.60 bits per heavy atom. The van der Waals surface area contributed by atoms with Crippen LogP contribution in [0.3, 0.4) is 0 Å². The molecule has 0 aliphatic heterocycles. The first-order valence-electron chi connectivity index (χ1n) is 21.7. The average molecular weight is 715 g/mol. The number of fused-ring (bicyclic) bond motifs is 4. The highest BCUT2D eigenvalue weighted by Crippen LogP contribution is 2.46. The van der Waals surface area contributed by atoms with E-state index >= 15 is 0 Å². The number of benzene rings is 5. The molecule has 0 saturated carbocycles. The quantitative estimate of drug-likeness (QED) is 0.147. The van der Waals surface area contributed by atoms with Crippen molar-refractivity contribution in [3.8, 4) is 45.0 Å². The number of hydrogen-bond acceptors (Lipinski definition) is 3. The number of rotatable bonds is 8. The molecule has 2 aliphatic rings. The molecule has 1 unspecified atom stereocenters. The summed E-state index contributed by atoms with van der Waals surface area (Å²) in [7, 11) is 0. The minimum Gasteiger partial charge on any atom is -0.461 e. The van der Waals surface area contributed by atoms with Gasteiger partial charge in [-0.15, -0.1) is 0 Å². The fourth-order valence-electron chi connectivity index (χ4n) is 7.53.